The van der Waals surface area contributed by atoms with Crippen LogP contribution in [0.4, 0.5) is 11.6 Å². The maximum atomic E-state index is 9.63. The second kappa shape index (κ2) is 6.38. The third kappa shape index (κ3) is 3.17. The first-order valence-corrected chi connectivity index (χ1v) is 8.30. The summed E-state index contributed by atoms with van der Waals surface area (Å²) in [5.74, 6) is 3.03. The van der Waals surface area contributed by atoms with Crippen LogP contribution in [0.2, 0.25) is 0 Å². The molecule has 1 aromatic heterocycles. The van der Waals surface area contributed by atoms with Crippen LogP contribution in [0.1, 0.15) is 26.7 Å². The Morgan fingerprint density at radius 2 is 1.77 bits per heavy atom. The van der Waals surface area contributed by atoms with Gasteiger partial charge in [-0.3, -0.25) is 0 Å². The molecule has 0 saturated carbocycles. The highest BCUT2D eigenvalue weighted by molar-refractivity contribution is 5.51. The van der Waals surface area contributed by atoms with Gasteiger partial charge in [-0.05, 0) is 24.7 Å². The number of rotatable bonds is 3. The van der Waals surface area contributed by atoms with Crippen molar-refractivity contribution in [3.05, 3.63) is 12.4 Å². The van der Waals surface area contributed by atoms with E-state index >= 15 is 0 Å². The highest BCUT2D eigenvalue weighted by Gasteiger charge is 2.33. The minimum Gasteiger partial charge on any atom is -0.393 e. The van der Waals surface area contributed by atoms with Gasteiger partial charge in [-0.15, -0.1) is 0 Å². The molecule has 3 N–H and O–H groups in total. The summed E-state index contributed by atoms with van der Waals surface area (Å²) < 4.78 is 0. The van der Waals surface area contributed by atoms with Crippen LogP contribution in [-0.4, -0.2) is 53.4 Å². The van der Waals surface area contributed by atoms with Gasteiger partial charge < -0.3 is 20.6 Å². The van der Waals surface area contributed by atoms with E-state index in [-0.39, 0.29) is 12.1 Å². The van der Waals surface area contributed by atoms with Gasteiger partial charge in [0.1, 0.15) is 18.0 Å². The average Bonchev–Trinajstić information content (AvgIpc) is 2.90. The fourth-order valence-corrected chi connectivity index (χ4v) is 3.52. The highest BCUT2D eigenvalue weighted by atomic mass is 16.3. The summed E-state index contributed by atoms with van der Waals surface area (Å²) >= 11 is 0. The molecule has 3 rings (SSSR count). The van der Waals surface area contributed by atoms with E-state index in [4.69, 9.17) is 5.73 Å². The number of aliphatic hydroxyl groups excluding tert-OH is 1. The molecule has 0 spiro atoms. The Balaban J connectivity index is 1.72. The normalized spacial score (nSPS) is 27.0. The van der Waals surface area contributed by atoms with Gasteiger partial charge >= 0.3 is 0 Å². The number of nitrogens with two attached hydrogens (primary N) is 1. The summed E-state index contributed by atoms with van der Waals surface area (Å²) in [6.45, 7) is 8.00. The first kappa shape index (κ1) is 15.5. The van der Waals surface area contributed by atoms with Crippen molar-refractivity contribution in [2.45, 2.75) is 38.8 Å². The number of hydrogen-bond donors (Lipinski definition) is 2. The van der Waals surface area contributed by atoms with Gasteiger partial charge in [-0.1, -0.05) is 13.8 Å². The highest BCUT2D eigenvalue weighted by Crippen LogP contribution is 2.28. The maximum Gasteiger partial charge on any atom is 0.134 e. The van der Waals surface area contributed by atoms with Gasteiger partial charge in [-0.25, -0.2) is 9.97 Å². The first-order chi connectivity index (χ1) is 10.5. The zero-order valence-electron chi connectivity index (χ0n) is 13.5. The smallest absolute Gasteiger partial charge is 0.134 e. The molecular weight excluding hydrogens is 278 g/mol. The minimum absolute atomic E-state index is 0.166. The number of aromatic nitrogens is 2. The summed E-state index contributed by atoms with van der Waals surface area (Å²) in [4.78, 5) is 13.4. The lowest BCUT2D eigenvalue weighted by molar-refractivity contribution is 0.145. The Kier molecular flexibility index (Phi) is 4.49. The Hall–Kier alpha value is -1.40. The molecule has 0 aliphatic carbocycles. The van der Waals surface area contributed by atoms with Crippen molar-refractivity contribution >= 4 is 11.6 Å². The van der Waals surface area contributed by atoms with Crippen LogP contribution >= 0.6 is 0 Å². The van der Waals surface area contributed by atoms with Gasteiger partial charge in [0, 0.05) is 38.3 Å². The topological polar surface area (TPSA) is 78.5 Å². The Bertz CT molecular complexity index is 501. The van der Waals surface area contributed by atoms with Crippen LogP contribution < -0.4 is 15.5 Å². The van der Waals surface area contributed by atoms with Crippen molar-refractivity contribution in [1.29, 1.82) is 0 Å². The Morgan fingerprint density at radius 1 is 1.14 bits per heavy atom. The molecule has 2 aliphatic rings. The standard InChI is InChI=1S/C16H27N5O/c1-11(2)13-8-21(9-14(13)17)16-7-15(18-10-19-16)20-5-3-12(22)4-6-20/h7,10-14,22H,3-6,8-9,17H2,1-2H3/t13-,14+/m1/s1. The summed E-state index contributed by atoms with van der Waals surface area (Å²) in [5.41, 5.74) is 6.28. The zero-order valence-corrected chi connectivity index (χ0v) is 13.5. The summed E-state index contributed by atoms with van der Waals surface area (Å²) in [5, 5.41) is 9.63. The molecule has 2 aliphatic heterocycles. The molecule has 3 heterocycles. The quantitative estimate of drug-likeness (QED) is 0.862. The van der Waals surface area contributed by atoms with Gasteiger partial charge in [-0.2, -0.15) is 0 Å². The third-order valence-corrected chi connectivity index (χ3v) is 5.02. The number of anilines is 2. The van der Waals surface area contributed by atoms with Gasteiger partial charge in [0.25, 0.3) is 0 Å². The van der Waals surface area contributed by atoms with E-state index in [1.54, 1.807) is 6.33 Å². The van der Waals surface area contributed by atoms with Crippen LogP contribution in [0.15, 0.2) is 12.4 Å². The fourth-order valence-electron chi connectivity index (χ4n) is 3.52. The monoisotopic (exact) mass is 305 g/mol. The van der Waals surface area contributed by atoms with Gasteiger partial charge in [0.05, 0.1) is 6.10 Å². The van der Waals surface area contributed by atoms with Crippen molar-refractivity contribution in [3.8, 4) is 0 Å². The van der Waals surface area contributed by atoms with E-state index in [0.29, 0.717) is 11.8 Å². The van der Waals surface area contributed by atoms with Crippen LogP contribution in [0.5, 0.6) is 0 Å². The van der Waals surface area contributed by atoms with E-state index in [1.165, 1.54) is 0 Å². The zero-order chi connectivity index (χ0) is 15.7. The van der Waals surface area contributed by atoms with Gasteiger partial charge in [0.15, 0.2) is 0 Å². The van der Waals surface area contributed by atoms with Crippen molar-refractivity contribution in [2.75, 3.05) is 36.0 Å². The lowest BCUT2D eigenvalue weighted by Gasteiger charge is -2.31. The van der Waals surface area contributed by atoms with Crippen molar-refractivity contribution in [3.63, 3.8) is 0 Å². The largest absolute Gasteiger partial charge is 0.393 e. The molecular formula is C16H27N5O. The summed E-state index contributed by atoms with van der Waals surface area (Å²) in [6, 6.07) is 2.27. The van der Waals surface area contributed by atoms with E-state index in [2.05, 4.69) is 39.7 Å². The molecule has 2 atom stereocenters. The molecule has 2 saturated heterocycles. The minimum atomic E-state index is -0.166. The molecule has 0 aromatic carbocycles. The molecule has 6 nitrogen and oxygen atoms in total. The molecule has 22 heavy (non-hydrogen) atoms. The van der Waals surface area contributed by atoms with E-state index in [9.17, 15) is 5.11 Å². The average molecular weight is 305 g/mol. The molecule has 0 radical (unpaired) electrons. The predicted octanol–water partition coefficient (Wildman–Crippen LogP) is 0.857. The van der Waals surface area contributed by atoms with Crippen LogP contribution in [-0.2, 0) is 0 Å². The lowest BCUT2D eigenvalue weighted by atomic mass is 9.92. The molecule has 0 unspecified atom stereocenters. The maximum absolute atomic E-state index is 9.63. The molecule has 0 bridgehead atoms. The van der Waals surface area contributed by atoms with Gasteiger partial charge in [0.2, 0.25) is 0 Å². The van der Waals surface area contributed by atoms with E-state index in [0.717, 1.165) is 50.7 Å². The number of piperidine rings is 1. The van der Waals surface area contributed by atoms with Crippen LogP contribution in [0, 0.1) is 11.8 Å². The van der Waals surface area contributed by atoms with Crippen molar-refractivity contribution in [1.82, 2.24) is 9.97 Å². The molecule has 1 aromatic rings. The number of aliphatic hydroxyl groups is 1. The molecule has 2 fully saturated rings. The number of nitrogens with zero attached hydrogens (tertiary/aromatic N) is 4. The predicted molar refractivity (Wildman–Crippen MR) is 88.0 cm³/mol. The molecule has 6 heteroatoms. The van der Waals surface area contributed by atoms with Crippen LogP contribution in [0.3, 0.4) is 0 Å². The van der Waals surface area contributed by atoms with Crippen LogP contribution in [0.25, 0.3) is 0 Å². The van der Waals surface area contributed by atoms with E-state index in [1.807, 2.05) is 0 Å². The Labute approximate surface area is 132 Å². The fraction of sp³-hybridized carbons (Fsp3) is 0.750. The number of hydrogen-bond acceptors (Lipinski definition) is 6. The third-order valence-electron chi connectivity index (χ3n) is 5.02. The Morgan fingerprint density at radius 3 is 2.36 bits per heavy atom. The second-order valence-electron chi connectivity index (χ2n) is 6.93. The second-order valence-corrected chi connectivity index (χ2v) is 6.93. The molecule has 122 valence electrons. The van der Waals surface area contributed by atoms with Crippen molar-refractivity contribution < 1.29 is 5.11 Å². The summed E-state index contributed by atoms with van der Waals surface area (Å²) in [7, 11) is 0. The first-order valence-electron chi connectivity index (χ1n) is 8.30. The van der Waals surface area contributed by atoms with E-state index < -0.39 is 0 Å². The lowest BCUT2D eigenvalue weighted by Crippen LogP contribution is -2.36. The SMILES string of the molecule is CC(C)[C@H]1CN(c2cc(N3CCC(O)CC3)ncn2)C[C@@H]1N. The van der Waals surface area contributed by atoms with Crippen molar-refractivity contribution in [2.24, 2.45) is 17.6 Å². The summed E-state index contributed by atoms with van der Waals surface area (Å²) in [6.07, 6.45) is 3.09. The molecule has 0 amide bonds.